The zero-order valence-electron chi connectivity index (χ0n) is 8.04. The van der Waals surface area contributed by atoms with Crippen LogP contribution in [-0.2, 0) is 9.53 Å². The number of ether oxygens (including phenoxy) is 2. The number of rotatable bonds is 3. The van der Waals surface area contributed by atoms with E-state index >= 15 is 0 Å². The van der Waals surface area contributed by atoms with E-state index in [0.29, 0.717) is 5.75 Å². The largest absolute Gasteiger partial charge is 0.482 e. The van der Waals surface area contributed by atoms with Gasteiger partial charge < -0.3 is 9.47 Å². The number of carbonyl (C=O) groups excluding carboxylic acids is 1. The third-order valence-corrected chi connectivity index (χ3v) is 2.58. The normalized spacial score (nSPS) is 9.64. The summed E-state index contributed by atoms with van der Waals surface area (Å²) in [6, 6.07) is 5.54. The van der Waals surface area contributed by atoms with Crippen LogP contribution in [0.2, 0.25) is 0 Å². The second-order valence-corrected chi connectivity index (χ2v) is 3.63. The highest BCUT2D eigenvalue weighted by molar-refractivity contribution is 9.10. The summed E-state index contributed by atoms with van der Waals surface area (Å²) in [4.78, 5) is 10.8. The minimum atomic E-state index is -0.387. The molecule has 0 aliphatic heterocycles. The van der Waals surface area contributed by atoms with E-state index in [-0.39, 0.29) is 12.6 Å². The molecule has 0 radical (unpaired) electrons. The summed E-state index contributed by atoms with van der Waals surface area (Å²) in [5.74, 6) is 0.259. The van der Waals surface area contributed by atoms with Crippen molar-refractivity contribution in [1.82, 2.24) is 0 Å². The quantitative estimate of drug-likeness (QED) is 0.781. The van der Waals surface area contributed by atoms with Crippen LogP contribution >= 0.6 is 15.9 Å². The van der Waals surface area contributed by atoms with E-state index in [9.17, 15) is 4.79 Å². The first kappa shape index (κ1) is 11.0. The van der Waals surface area contributed by atoms with E-state index < -0.39 is 0 Å². The van der Waals surface area contributed by atoms with Gasteiger partial charge in [0.25, 0.3) is 0 Å². The Bertz CT molecular complexity index is 336. The maximum atomic E-state index is 10.8. The summed E-state index contributed by atoms with van der Waals surface area (Å²) in [5.41, 5.74) is 1.12. The molecule has 3 nitrogen and oxygen atoms in total. The lowest BCUT2D eigenvalue weighted by atomic mass is 10.2. The second-order valence-electron chi connectivity index (χ2n) is 2.78. The molecule has 1 aromatic carbocycles. The molecule has 0 fully saturated rings. The molecule has 0 aliphatic carbocycles. The van der Waals surface area contributed by atoms with Crippen molar-refractivity contribution in [3.05, 3.63) is 28.2 Å². The number of esters is 1. The molecule has 0 amide bonds. The molecular weight excluding hydrogens is 248 g/mol. The fourth-order valence-corrected chi connectivity index (χ4v) is 1.22. The molecule has 4 heteroatoms. The van der Waals surface area contributed by atoms with Gasteiger partial charge in [0.15, 0.2) is 6.61 Å². The fourth-order valence-electron chi connectivity index (χ4n) is 0.865. The zero-order chi connectivity index (χ0) is 10.6. The number of hydrogen-bond donors (Lipinski definition) is 0. The Morgan fingerprint density at radius 2 is 2.21 bits per heavy atom. The average Bonchev–Trinajstić information content (AvgIpc) is 2.19. The van der Waals surface area contributed by atoms with Gasteiger partial charge in [-0.25, -0.2) is 4.79 Å². The highest BCUT2D eigenvalue weighted by Gasteiger charge is 2.02. The third kappa shape index (κ3) is 3.03. The molecule has 0 aromatic heterocycles. The molecule has 0 atom stereocenters. The van der Waals surface area contributed by atoms with Crippen molar-refractivity contribution in [1.29, 1.82) is 0 Å². The van der Waals surface area contributed by atoms with Crippen LogP contribution in [0.1, 0.15) is 5.56 Å². The van der Waals surface area contributed by atoms with E-state index in [1.807, 2.05) is 25.1 Å². The SMILES string of the molecule is COC(=O)COc1ccc(C)c(Br)c1. The highest BCUT2D eigenvalue weighted by atomic mass is 79.9. The molecule has 0 saturated heterocycles. The zero-order valence-corrected chi connectivity index (χ0v) is 9.63. The van der Waals surface area contributed by atoms with Crippen LogP contribution in [0.25, 0.3) is 0 Å². The molecule has 76 valence electrons. The predicted octanol–water partition coefficient (Wildman–Crippen LogP) is 2.31. The Hall–Kier alpha value is -1.03. The van der Waals surface area contributed by atoms with Crippen molar-refractivity contribution < 1.29 is 14.3 Å². The molecule has 0 aliphatic rings. The molecule has 14 heavy (non-hydrogen) atoms. The Morgan fingerprint density at radius 3 is 2.79 bits per heavy atom. The van der Waals surface area contributed by atoms with E-state index in [4.69, 9.17) is 4.74 Å². The lowest BCUT2D eigenvalue weighted by Gasteiger charge is -2.05. The first-order chi connectivity index (χ1) is 6.63. The fraction of sp³-hybridized carbons (Fsp3) is 0.300. The minimum absolute atomic E-state index is 0.0635. The maximum Gasteiger partial charge on any atom is 0.343 e. The Morgan fingerprint density at radius 1 is 1.50 bits per heavy atom. The van der Waals surface area contributed by atoms with Crippen LogP contribution in [0.5, 0.6) is 5.75 Å². The highest BCUT2D eigenvalue weighted by Crippen LogP contribution is 2.22. The molecule has 1 aromatic rings. The number of carbonyl (C=O) groups is 1. The summed E-state index contributed by atoms with van der Waals surface area (Å²) in [6.45, 7) is 1.92. The van der Waals surface area contributed by atoms with Crippen LogP contribution in [0, 0.1) is 6.92 Å². The van der Waals surface area contributed by atoms with Gasteiger partial charge in [-0.05, 0) is 24.6 Å². The number of methoxy groups -OCH3 is 1. The Balaban J connectivity index is 2.60. The summed E-state index contributed by atoms with van der Waals surface area (Å²) < 4.78 is 10.6. The number of aryl methyl sites for hydroxylation is 1. The van der Waals surface area contributed by atoms with Gasteiger partial charge in [0.2, 0.25) is 0 Å². The number of hydrogen-bond acceptors (Lipinski definition) is 3. The van der Waals surface area contributed by atoms with Crippen LogP contribution in [-0.4, -0.2) is 19.7 Å². The monoisotopic (exact) mass is 258 g/mol. The van der Waals surface area contributed by atoms with Crippen LogP contribution in [0.4, 0.5) is 0 Å². The molecule has 0 N–H and O–H groups in total. The summed E-state index contributed by atoms with van der Waals surface area (Å²) in [7, 11) is 1.33. The molecular formula is C10H11BrO3. The van der Waals surface area contributed by atoms with Gasteiger partial charge in [-0.3, -0.25) is 0 Å². The van der Waals surface area contributed by atoms with Crippen LogP contribution in [0.3, 0.4) is 0 Å². The van der Waals surface area contributed by atoms with Crippen molar-refractivity contribution in [3.63, 3.8) is 0 Å². The van der Waals surface area contributed by atoms with Gasteiger partial charge >= 0.3 is 5.97 Å². The van der Waals surface area contributed by atoms with Crippen LogP contribution < -0.4 is 4.74 Å². The maximum absolute atomic E-state index is 10.8. The van der Waals surface area contributed by atoms with Gasteiger partial charge in [-0.1, -0.05) is 22.0 Å². The summed E-state index contributed by atoms with van der Waals surface area (Å²) in [5, 5.41) is 0. The average molecular weight is 259 g/mol. The lowest BCUT2D eigenvalue weighted by Crippen LogP contribution is -2.12. The van der Waals surface area contributed by atoms with Gasteiger partial charge in [0.1, 0.15) is 5.75 Å². The molecule has 1 rings (SSSR count). The Kier molecular flexibility index (Phi) is 3.95. The van der Waals surface area contributed by atoms with E-state index in [2.05, 4.69) is 20.7 Å². The van der Waals surface area contributed by atoms with E-state index in [1.165, 1.54) is 7.11 Å². The van der Waals surface area contributed by atoms with Crippen LogP contribution in [0.15, 0.2) is 22.7 Å². The minimum Gasteiger partial charge on any atom is -0.482 e. The smallest absolute Gasteiger partial charge is 0.343 e. The van der Waals surface area contributed by atoms with Gasteiger partial charge in [-0.2, -0.15) is 0 Å². The molecule has 0 saturated carbocycles. The van der Waals surface area contributed by atoms with E-state index in [0.717, 1.165) is 10.0 Å². The van der Waals surface area contributed by atoms with Gasteiger partial charge in [0, 0.05) is 4.47 Å². The third-order valence-electron chi connectivity index (χ3n) is 1.73. The van der Waals surface area contributed by atoms with Crippen molar-refractivity contribution in [2.45, 2.75) is 6.92 Å². The lowest BCUT2D eigenvalue weighted by molar-refractivity contribution is -0.142. The summed E-state index contributed by atoms with van der Waals surface area (Å²) in [6.07, 6.45) is 0. The molecule has 0 heterocycles. The first-order valence-electron chi connectivity index (χ1n) is 4.09. The van der Waals surface area contributed by atoms with E-state index in [1.54, 1.807) is 0 Å². The second kappa shape index (κ2) is 5.00. The molecule has 0 unspecified atom stereocenters. The topological polar surface area (TPSA) is 35.5 Å². The van der Waals surface area contributed by atoms with Crippen molar-refractivity contribution in [3.8, 4) is 5.75 Å². The Labute approximate surface area is 91.1 Å². The standard InChI is InChI=1S/C10H11BrO3/c1-7-3-4-8(5-9(7)11)14-6-10(12)13-2/h3-5H,6H2,1-2H3. The first-order valence-corrected chi connectivity index (χ1v) is 4.88. The van der Waals surface area contributed by atoms with Crippen molar-refractivity contribution in [2.75, 3.05) is 13.7 Å². The number of halogens is 1. The predicted molar refractivity (Wildman–Crippen MR) is 56.4 cm³/mol. The molecule has 0 bridgehead atoms. The van der Waals surface area contributed by atoms with Gasteiger partial charge in [0.05, 0.1) is 7.11 Å². The summed E-state index contributed by atoms with van der Waals surface area (Å²) >= 11 is 3.37. The molecule has 0 spiro atoms. The van der Waals surface area contributed by atoms with Gasteiger partial charge in [-0.15, -0.1) is 0 Å². The number of benzene rings is 1. The van der Waals surface area contributed by atoms with Crippen molar-refractivity contribution in [2.24, 2.45) is 0 Å². The van der Waals surface area contributed by atoms with Crippen molar-refractivity contribution >= 4 is 21.9 Å².